The minimum Gasteiger partial charge on any atom is -0.463 e. The van der Waals surface area contributed by atoms with Gasteiger partial charge in [-0.05, 0) is 32.2 Å². The van der Waals surface area contributed by atoms with Crippen molar-refractivity contribution in [1.82, 2.24) is 5.32 Å². The first kappa shape index (κ1) is 11.5. The second-order valence-corrected chi connectivity index (χ2v) is 3.21. The van der Waals surface area contributed by atoms with Gasteiger partial charge in [0.2, 0.25) is 5.76 Å². The van der Waals surface area contributed by atoms with Crippen LogP contribution in [-0.2, 0) is 4.74 Å². The summed E-state index contributed by atoms with van der Waals surface area (Å²) in [4.78, 5) is 11.1. The molecule has 1 aromatic heterocycles. The van der Waals surface area contributed by atoms with Crippen molar-refractivity contribution in [3.05, 3.63) is 29.2 Å². The second kappa shape index (κ2) is 5.36. The van der Waals surface area contributed by atoms with Crippen LogP contribution in [0.15, 0.2) is 22.1 Å². The number of likely N-dealkylation sites (N-methyl/N-ethyl adjacent to an activating group) is 1. The molecule has 4 heteroatoms. The highest BCUT2D eigenvalue weighted by Gasteiger charge is 2.09. The van der Waals surface area contributed by atoms with Crippen LogP contribution >= 0.6 is 0 Å². The van der Waals surface area contributed by atoms with Gasteiger partial charge >= 0.3 is 5.97 Å². The number of carbonyl (C=O) groups is 1. The number of hydrogen-bond donors (Lipinski definition) is 1. The summed E-state index contributed by atoms with van der Waals surface area (Å²) in [6, 6.07) is 3.34. The molecule has 1 heterocycles. The number of esters is 1. The monoisotopic (exact) mass is 209 g/mol. The van der Waals surface area contributed by atoms with Crippen LogP contribution in [0.3, 0.4) is 0 Å². The van der Waals surface area contributed by atoms with Gasteiger partial charge in [-0.1, -0.05) is 5.57 Å². The maximum Gasteiger partial charge on any atom is 0.373 e. The fourth-order valence-corrected chi connectivity index (χ4v) is 1.21. The van der Waals surface area contributed by atoms with Gasteiger partial charge < -0.3 is 14.5 Å². The first-order chi connectivity index (χ1) is 7.17. The van der Waals surface area contributed by atoms with Crippen molar-refractivity contribution in [2.24, 2.45) is 0 Å². The molecule has 15 heavy (non-hydrogen) atoms. The van der Waals surface area contributed by atoms with Gasteiger partial charge in [0, 0.05) is 6.54 Å². The lowest BCUT2D eigenvalue weighted by Gasteiger charge is -1.97. The van der Waals surface area contributed by atoms with E-state index in [-0.39, 0.29) is 5.76 Å². The molecule has 0 aliphatic carbocycles. The number of rotatable bonds is 4. The largest absolute Gasteiger partial charge is 0.463 e. The van der Waals surface area contributed by atoms with Gasteiger partial charge in [0.15, 0.2) is 0 Å². The van der Waals surface area contributed by atoms with Gasteiger partial charge in [0.05, 0.1) is 7.11 Å². The summed E-state index contributed by atoms with van der Waals surface area (Å²) < 4.78 is 9.81. The van der Waals surface area contributed by atoms with E-state index in [2.05, 4.69) is 10.1 Å². The molecule has 0 bridgehead atoms. The zero-order chi connectivity index (χ0) is 11.3. The van der Waals surface area contributed by atoms with Crippen molar-refractivity contribution in [2.45, 2.75) is 6.92 Å². The maximum absolute atomic E-state index is 11.1. The smallest absolute Gasteiger partial charge is 0.373 e. The van der Waals surface area contributed by atoms with Gasteiger partial charge in [-0.3, -0.25) is 0 Å². The van der Waals surface area contributed by atoms with E-state index in [1.807, 2.05) is 20.0 Å². The molecule has 1 N–H and O–H groups in total. The highest BCUT2D eigenvalue weighted by atomic mass is 16.5. The normalized spacial score (nSPS) is 11.5. The molecule has 0 amide bonds. The Morgan fingerprint density at radius 1 is 1.60 bits per heavy atom. The van der Waals surface area contributed by atoms with Crippen molar-refractivity contribution in [3.63, 3.8) is 0 Å². The fourth-order valence-electron chi connectivity index (χ4n) is 1.21. The molecule has 0 saturated carbocycles. The topological polar surface area (TPSA) is 51.5 Å². The quantitative estimate of drug-likeness (QED) is 0.767. The maximum atomic E-state index is 11.1. The number of nitrogens with one attached hydrogen (secondary N) is 1. The van der Waals surface area contributed by atoms with Crippen LogP contribution in [0, 0.1) is 0 Å². The summed E-state index contributed by atoms with van der Waals surface area (Å²) in [6.45, 7) is 2.77. The van der Waals surface area contributed by atoms with Crippen LogP contribution in [0.1, 0.15) is 23.2 Å². The van der Waals surface area contributed by atoms with Crippen molar-refractivity contribution < 1.29 is 13.9 Å². The summed E-state index contributed by atoms with van der Waals surface area (Å²) in [5.41, 5.74) is 1.13. The minimum atomic E-state index is -0.457. The third-order valence-corrected chi connectivity index (χ3v) is 1.86. The highest BCUT2D eigenvalue weighted by Crippen LogP contribution is 2.12. The van der Waals surface area contributed by atoms with Crippen molar-refractivity contribution in [2.75, 3.05) is 20.7 Å². The van der Waals surface area contributed by atoms with Crippen LogP contribution in [0.2, 0.25) is 0 Å². The zero-order valence-corrected chi connectivity index (χ0v) is 9.16. The minimum absolute atomic E-state index is 0.223. The third-order valence-electron chi connectivity index (χ3n) is 1.86. The SMILES string of the molecule is CNCC(C)=Cc1ccc(C(=O)OC)o1. The summed E-state index contributed by atoms with van der Waals surface area (Å²) >= 11 is 0. The molecule has 82 valence electrons. The molecule has 0 aliphatic rings. The van der Waals surface area contributed by atoms with E-state index >= 15 is 0 Å². The number of furan rings is 1. The Kier molecular flexibility index (Phi) is 4.12. The molecule has 0 spiro atoms. The first-order valence-electron chi connectivity index (χ1n) is 4.67. The molecule has 1 rings (SSSR count). The Balaban J connectivity index is 2.76. The molecular formula is C11H15NO3. The lowest BCUT2D eigenvalue weighted by Crippen LogP contribution is -2.08. The van der Waals surface area contributed by atoms with Gasteiger partial charge in [-0.25, -0.2) is 4.79 Å². The van der Waals surface area contributed by atoms with E-state index in [0.717, 1.165) is 12.1 Å². The van der Waals surface area contributed by atoms with E-state index in [9.17, 15) is 4.79 Å². The Morgan fingerprint density at radius 2 is 2.33 bits per heavy atom. The summed E-state index contributed by atoms with van der Waals surface area (Å²) in [5.74, 6) is 0.421. The molecule has 0 aromatic carbocycles. The van der Waals surface area contributed by atoms with Crippen LogP contribution in [-0.4, -0.2) is 26.7 Å². The first-order valence-corrected chi connectivity index (χ1v) is 4.67. The van der Waals surface area contributed by atoms with Crippen molar-refractivity contribution in [1.29, 1.82) is 0 Å². The Hall–Kier alpha value is -1.55. The van der Waals surface area contributed by atoms with E-state index in [1.165, 1.54) is 7.11 Å². The van der Waals surface area contributed by atoms with Crippen LogP contribution in [0.5, 0.6) is 0 Å². The summed E-state index contributed by atoms with van der Waals surface area (Å²) in [7, 11) is 3.20. The lowest BCUT2D eigenvalue weighted by molar-refractivity contribution is 0.0564. The Morgan fingerprint density at radius 3 is 2.93 bits per heavy atom. The molecule has 0 radical (unpaired) electrons. The zero-order valence-electron chi connectivity index (χ0n) is 9.16. The predicted octanol–water partition coefficient (Wildman–Crippen LogP) is 1.69. The van der Waals surface area contributed by atoms with Crippen LogP contribution in [0.25, 0.3) is 6.08 Å². The molecule has 0 atom stereocenters. The van der Waals surface area contributed by atoms with Gasteiger partial charge in [-0.15, -0.1) is 0 Å². The van der Waals surface area contributed by atoms with Crippen LogP contribution < -0.4 is 5.32 Å². The number of methoxy groups -OCH3 is 1. The Bertz CT molecular complexity index is 366. The highest BCUT2D eigenvalue weighted by molar-refractivity contribution is 5.86. The van der Waals surface area contributed by atoms with Crippen LogP contribution in [0.4, 0.5) is 0 Å². The van der Waals surface area contributed by atoms with Gasteiger partial charge in [0.25, 0.3) is 0 Å². The lowest BCUT2D eigenvalue weighted by atomic mass is 10.2. The number of hydrogen-bond acceptors (Lipinski definition) is 4. The standard InChI is InChI=1S/C11H15NO3/c1-8(7-12-2)6-9-4-5-10(15-9)11(13)14-3/h4-6,12H,7H2,1-3H3. The second-order valence-electron chi connectivity index (χ2n) is 3.21. The third kappa shape index (κ3) is 3.25. The average Bonchev–Trinajstić information content (AvgIpc) is 2.65. The number of ether oxygens (including phenoxy) is 1. The summed E-state index contributed by atoms with van der Waals surface area (Å²) in [5, 5.41) is 3.03. The van der Waals surface area contributed by atoms with Crippen molar-refractivity contribution >= 4 is 12.0 Å². The number of carbonyl (C=O) groups excluding carboxylic acids is 1. The van der Waals surface area contributed by atoms with E-state index in [1.54, 1.807) is 12.1 Å². The molecule has 0 unspecified atom stereocenters. The predicted molar refractivity (Wildman–Crippen MR) is 57.6 cm³/mol. The molecule has 0 saturated heterocycles. The van der Waals surface area contributed by atoms with Gasteiger partial charge in [-0.2, -0.15) is 0 Å². The van der Waals surface area contributed by atoms with E-state index in [4.69, 9.17) is 4.42 Å². The molecule has 0 fully saturated rings. The fraction of sp³-hybridized carbons (Fsp3) is 0.364. The van der Waals surface area contributed by atoms with E-state index in [0.29, 0.717) is 5.76 Å². The molecule has 4 nitrogen and oxygen atoms in total. The van der Waals surface area contributed by atoms with E-state index < -0.39 is 5.97 Å². The summed E-state index contributed by atoms with van der Waals surface area (Å²) in [6.07, 6.45) is 1.88. The Labute approximate surface area is 88.9 Å². The van der Waals surface area contributed by atoms with Gasteiger partial charge in [0.1, 0.15) is 5.76 Å². The molecular weight excluding hydrogens is 194 g/mol. The average molecular weight is 209 g/mol. The molecule has 0 aliphatic heterocycles. The van der Waals surface area contributed by atoms with Crippen molar-refractivity contribution in [3.8, 4) is 0 Å². The molecule has 1 aromatic rings.